The highest BCUT2D eigenvalue weighted by atomic mass is 19.4. The minimum absolute atomic E-state index is 0.0233. The molecule has 1 unspecified atom stereocenters. The van der Waals surface area contributed by atoms with E-state index in [9.17, 15) is 22.8 Å². The third-order valence-corrected chi connectivity index (χ3v) is 4.93. The molecule has 2 aromatic rings. The van der Waals surface area contributed by atoms with Crippen molar-refractivity contribution in [1.82, 2.24) is 20.2 Å². The Hall–Kier alpha value is -2.97. The van der Waals surface area contributed by atoms with E-state index in [1.54, 1.807) is 25.4 Å². The van der Waals surface area contributed by atoms with Gasteiger partial charge in [-0.3, -0.25) is 14.6 Å². The summed E-state index contributed by atoms with van der Waals surface area (Å²) in [5.41, 5.74) is -1.26. The average Bonchev–Trinajstić information content (AvgIpc) is 2.64. The maximum atomic E-state index is 12.8. The molecule has 9 heteroatoms. The Morgan fingerprint density at radius 2 is 2.04 bits per heavy atom. The van der Waals surface area contributed by atoms with Gasteiger partial charge in [-0.25, -0.2) is 4.98 Å². The number of nitrogens with zero attached hydrogens (tertiary/aromatic N) is 3. The molecular weight excluding hydrogens is 373 g/mol. The smallest absolute Gasteiger partial charge is 0.350 e. The summed E-state index contributed by atoms with van der Waals surface area (Å²) in [5, 5.41) is 2.78. The quantitative estimate of drug-likeness (QED) is 0.868. The fourth-order valence-electron chi connectivity index (χ4n) is 3.09. The Bertz CT molecular complexity index is 902. The van der Waals surface area contributed by atoms with Gasteiger partial charge in [0.15, 0.2) is 0 Å². The molecule has 3 heterocycles. The number of rotatable bonds is 4. The van der Waals surface area contributed by atoms with Crippen molar-refractivity contribution in [3.8, 4) is 0 Å². The number of carbonyl (C=O) groups is 2. The van der Waals surface area contributed by atoms with Crippen LogP contribution in [0, 0.1) is 6.92 Å². The number of nitrogens with one attached hydrogen (secondary N) is 1. The molecule has 0 aliphatic carbocycles. The van der Waals surface area contributed by atoms with Crippen molar-refractivity contribution < 1.29 is 22.8 Å². The van der Waals surface area contributed by atoms with Crippen LogP contribution in [0.4, 0.5) is 13.2 Å². The van der Waals surface area contributed by atoms with Crippen LogP contribution in [0.25, 0.3) is 0 Å². The predicted molar refractivity (Wildman–Crippen MR) is 94.1 cm³/mol. The zero-order chi connectivity index (χ0) is 20.5. The molecule has 0 spiro atoms. The number of aromatic nitrogens is 2. The maximum absolute atomic E-state index is 12.8. The number of pyridine rings is 2. The van der Waals surface area contributed by atoms with E-state index < -0.39 is 23.3 Å². The van der Waals surface area contributed by atoms with E-state index in [1.807, 2.05) is 6.07 Å². The summed E-state index contributed by atoms with van der Waals surface area (Å²) in [6, 6.07) is 5.46. The summed E-state index contributed by atoms with van der Waals surface area (Å²) < 4.78 is 38.3. The normalized spacial score (nSPS) is 19.1. The predicted octanol–water partition coefficient (Wildman–Crippen LogP) is 2.72. The number of halogens is 3. The number of amides is 2. The van der Waals surface area contributed by atoms with Crippen molar-refractivity contribution >= 4 is 11.8 Å². The summed E-state index contributed by atoms with van der Waals surface area (Å²) in [6.07, 6.45) is -0.864. The average molecular weight is 392 g/mol. The lowest BCUT2D eigenvalue weighted by atomic mass is 9.84. The van der Waals surface area contributed by atoms with E-state index in [-0.39, 0.29) is 23.7 Å². The second-order valence-electron chi connectivity index (χ2n) is 6.85. The fraction of sp³-hybridized carbons (Fsp3) is 0.368. The van der Waals surface area contributed by atoms with E-state index in [4.69, 9.17) is 0 Å². The summed E-state index contributed by atoms with van der Waals surface area (Å²) in [7, 11) is 0. The van der Waals surface area contributed by atoms with Crippen LogP contribution in [-0.4, -0.2) is 38.8 Å². The lowest BCUT2D eigenvalue weighted by molar-refractivity contribution is -0.141. The van der Waals surface area contributed by atoms with Gasteiger partial charge in [-0.15, -0.1) is 0 Å². The van der Waals surface area contributed by atoms with Gasteiger partial charge in [-0.2, -0.15) is 13.2 Å². The standard InChI is InChI=1S/C19H19F3N4O2/c1-12-14(5-6-15(25-12)19(20,21)22)16(27)26-9-7-18(26,2)17(28)24-11-13-4-3-8-23-10-13/h3-6,8,10H,7,9,11H2,1-2H3,(H,24,28). The van der Waals surface area contributed by atoms with E-state index >= 15 is 0 Å². The molecule has 0 aromatic carbocycles. The Balaban J connectivity index is 1.73. The Morgan fingerprint density at radius 1 is 1.29 bits per heavy atom. The van der Waals surface area contributed by atoms with Crippen LogP contribution < -0.4 is 5.32 Å². The molecular formula is C19H19F3N4O2. The number of likely N-dealkylation sites (tertiary alicyclic amines) is 1. The molecule has 1 fully saturated rings. The molecule has 28 heavy (non-hydrogen) atoms. The first kappa shape index (κ1) is 19.8. The minimum atomic E-state index is -4.58. The molecule has 1 N–H and O–H groups in total. The topological polar surface area (TPSA) is 75.2 Å². The first-order valence-corrected chi connectivity index (χ1v) is 8.67. The van der Waals surface area contributed by atoms with Gasteiger partial charge in [0, 0.05) is 25.5 Å². The van der Waals surface area contributed by atoms with Gasteiger partial charge in [0.2, 0.25) is 5.91 Å². The van der Waals surface area contributed by atoms with Crippen molar-refractivity contribution in [1.29, 1.82) is 0 Å². The van der Waals surface area contributed by atoms with Crippen LogP contribution >= 0.6 is 0 Å². The Morgan fingerprint density at radius 3 is 2.57 bits per heavy atom. The molecule has 2 amide bonds. The minimum Gasteiger partial charge on any atom is -0.350 e. The molecule has 0 bridgehead atoms. The van der Waals surface area contributed by atoms with Gasteiger partial charge in [-0.05, 0) is 44.0 Å². The van der Waals surface area contributed by atoms with Crippen LogP contribution in [-0.2, 0) is 17.5 Å². The third kappa shape index (κ3) is 3.69. The zero-order valence-electron chi connectivity index (χ0n) is 15.4. The molecule has 2 aromatic heterocycles. The Labute approximate surface area is 159 Å². The second kappa shape index (κ2) is 7.21. The molecule has 1 atom stereocenters. The summed E-state index contributed by atoms with van der Waals surface area (Å²) in [5.74, 6) is -0.836. The number of hydrogen-bond acceptors (Lipinski definition) is 4. The molecule has 148 valence electrons. The van der Waals surface area contributed by atoms with E-state index in [1.165, 1.54) is 11.8 Å². The molecule has 6 nitrogen and oxygen atoms in total. The lowest BCUT2D eigenvalue weighted by Crippen LogP contribution is -2.67. The first-order chi connectivity index (χ1) is 13.1. The van der Waals surface area contributed by atoms with Gasteiger partial charge in [0.25, 0.3) is 5.91 Å². The highest BCUT2D eigenvalue weighted by molar-refractivity contribution is 6.01. The van der Waals surface area contributed by atoms with Crippen molar-refractivity contribution in [2.75, 3.05) is 6.54 Å². The largest absolute Gasteiger partial charge is 0.433 e. The monoisotopic (exact) mass is 392 g/mol. The van der Waals surface area contributed by atoms with Crippen molar-refractivity contribution in [3.05, 3.63) is 59.2 Å². The van der Waals surface area contributed by atoms with Crippen LogP contribution in [0.2, 0.25) is 0 Å². The zero-order valence-corrected chi connectivity index (χ0v) is 15.4. The van der Waals surface area contributed by atoms with Crippen LogP contribution in [0.15, 0.2) is 36.7 Å². The van der Waals surface area contributed by atoms with Gasteiger partial charge < -0.3 is 10.2 Å². The number of hydrogen-bond donors (Lipinski definition) is 1. The van der Waals surface area contributed by atoms with Crippen molar-refractivity contribution in [2.45, 2.75) is 38.5 Å². The van der Waals surface area contributed by atoms with E-state index in [0.717, 1.165) is 17.7 Å². The van der Waals surface area contributed by atoms with E-state index in [0.29, 0.717) is 13.0 Å². The highest BCUT2D eigenvalue weighted by Gasteiger charge is 2.49. The van der Waals surface area contributed by atoms with Crippen LogP contribution in [0.1, 0.15) is 40.7 Å². The Kier molecular flexibility index (Phi) is 5.10. The second-order valence-corrected chi connectivity index (χ2v) is 6.85. The van der Waals surface area contributed by atoms with Gasteiger partial charge >= 0.3 is 6.18 Å². The van der Waals surface area contributed by atoms with Crippen LogP contribution in [0.5, 0.6) is 0 Å². The fourth-order valence-corrected chi connectivity index (χ4v) is 3.09. The molecule has 0 saturated carbocycles. The number of aryl methyl sites for hydroxylation is 1. The SMILES string of the molecule is Cc1nc(C(F)(F)F)ccc1C(=O)N1CCC1(C)C(=O)NCc1cccnc1. The third-order valence-electron chi connectivity index (χ3n) is 4.93. The van der Waals surface area contributed by atoms with Crippen LogP contribution in [0.3, 0.4) is 0 Å². The molecule has 1 aliphatic rings. The van der Waals surface area contributed by atoms with Gasteiger partial charge in [0.1, 0.15) is 11.2 Å². The molecule has 3 rings (SSSR count). The lowest BCUT2D eigenvalue weighted by Gasteiger charge is -2.49. The van der Waals surface area contributed by atoms with Gasteiger partial charge in [-0.1, -0.05) is 6.07 Å². The molecule has 1 saturated heterocycles. The van der Waals surface area contributed by atoms with Crippen molar-refractivity contribution in [2.24, 2.45) is 0 Å². The highest BCUT2D eigenvalue weighted by Crippen LogP contribution is 2.34. The number of carbonyl (C=O) groups excluding carboxylic acids is 2. The summed E-state index contributed by atoms with van der Waals surface area (Å²) in [4.78, 5) is 34.3. The van der Waals surface area contributed by atoms with E-state index in [2.05, 4.69) is 15.3 Å². The maximum Gasteiger partial charge on any atom is 0.433 e. The molecule has 1 aliphatic heterocycles. The first-order valence-electron chi connectivity index (χ1n) is 8.67. The number of alkyl halides is 3. The summed E-state index contributed by atoms with van der Waals surface area (Å²) in [6.45, 7) is 3.60. The van der Waals surface area contributed by atoms with Gasteiger partial charge in [0.05, 0.1) is 11.3 Å². The molecule has 0 radical (unpaired) electrons. The van der Waals surface area contributed by atoms with Crippen molar-refractivity contribution in [3.63, 3.8) is 0 Å². The summed E-state index contributed by atoms with van der Waals surface area (Å²) >= 11 is 0.